The molecule has 1 rings (SSSR count). The van der Waals surface area contributed by atoms with Gasteiger partial charge in [-0.05, 0) is 6.42 Å². The SMILES string of the molecule is O=C1CCC(O)COC1. The van der Waals surface area contributed by atoms with E-state index in [1.54, 1.807) is 0 Å². The molecular formula is C6H10O3. The molecule has 9 heavy (non-hydrogen) atoms. The van der Waals surface area contributed by atoms with E-state index in [1.165, 1.54) is 0 Å². The summed E-state index contributed by atoms with van der Waals surface area (Å²) in [7, 11) is 0. The minimum atomic E-state index is -0.434. The molecule has 3 nitrogen and oxygen atoms in total. The molecule has 0 spiro atoms. The summed E-state index contributed by atoms with van der Waals surface area (Å²) in [6, 6.07) is 0. The lowest BCUT2D eigenvalue weighted by atomic mass is 10.2. The predicted octanol–water partition coefficient (Wildman–Crippen LogP) is -0.273. The van der Waals surface area contributed by atoms with Crippen molar-refractivity contribution < 1.29 is 14.6 Å². The molecule has 1 N–H and O–H groups in total. The summed E-state index contributed by atoms with van der Waals surface area (Å²) in [4.78, 5) is 10.6. The van der Waals surface area contributed by atoms with Gasteiger partial charge in [0.1, 0.15) is 6.61 Å². The molecule has 1 atom stereocenters. The zero-order valence-corrected chi connectivity index (χ0v) is 5.17. The number of carbonyl (C=O) groups is 1. The van der Waals surface area contributed by atoms with Gasteiger partial charge >= 0.3 is 0 Å². The zero-order chi connectivity index (χ0) is 6.69. The van der Waals surface area contributed by atoms with E-state index in [-0.39, 0.29) is 12.4 Å². The Morgan fingerprint density at radius 2 is 2.44 bits per heavy atom. The summed E-state index contributed by atoms with van der Waals surface area (Å²) in [6.07, 6.45) is 0.580. The zero-order valence-electron chi connectivity index (χ0n) is 5.17. The molecule has 3 heteroatoms. The Morgan fingerprint density at radius 1 is 1.67 bits per heavy atom. The number of rotatable bonds is 0. The van der Waals surface area contributed by atoms with Crippen LogP contribution in [-0.4, -0.2) is 30.2 Å². The molecule has 52 valence electrons. The van der Waals surface area contributed by atoms with E-state index in [0.717, 1.165) is 0 Å². The number of ketones is 1. The third-order valence-electron chi connectivity index (χ3n) is 1.33. The van der Waals surface area contributed by atoms with Gasteiger partial charge in [-0.2, -0.15) is 0 Å². The van der Waals surface area contributed by atoms with Crippen LogP contribution in [0.4, 0.5) is 0 Å². The Bertz CT molecular complexity index is 111. The van der Waals surface area contributed by atoms with Gasteiger partial charge in [0.05, 0.1) is 12.7 Å². The van der Waals surface area contributed by atoms with Crippen LogP contribution in [0.2, 0.25) is 0 Å². The van der Waals surface area contributed by atoms with E-state index in [9.17, 15) is 4.79 Å². The highest BCUT2D eigenvalue weighted by molar-refractivity contribution is 5.79. The van der Waals surface area contributed by atoms with Crippen LogP contribution in [0, 0.1) is 0 Å². The minimum Gasteiger partial charge on any atom is -0.391 e. The van der Waals surface area contributed by atoms with Gasteiger partial charge in [0.15, 0.2) is 5.78 Å². The molecule has 0 aliphatic carbocycles. The maximum absolute atomic E-state index is 10.6. The third kappa shape index (κ3) is 2.11. The molecule has 1 unspecified atom stereocenters. The second-order valence-corrected chi connectivity index (χ2v) is 2.25. The number of Topliss-reactive ketones (excluding diaryl/α,β-unsaturated/α-hetero) is 1. The van der Waals surface area contributed by atoms with Gasteiger partial charge in [-0.15, -0.1) is 0 Å². The van der Waals surface area contributed by atoms with Crippen LogP contribution >= 0.6 is 0 Å². The molecule has 0 radical (unpaired) electrons. The lowest BCUT2D eigenvalue weighted by molar-refractivity contribution is -0.122. The fourth-order valence-corrected chi connectivity index (χ4v) is 0.792. The molecule has 1 heterocycles. The summed E-state index contributed by atoms with van der Waals surface area (Å²) in [5, 5.41) is 8.93. The van der Waals surface area contributed by atoms with Crippen molar-refractivity contribution in [1.29, 1.82) is 0 Å². The summed E-state index contributed by atoms with van der Waals surface area (Å²) >= 11 is 0. The average Bonchev–Trinajstić information content (AvgIpc) is 1.97. The molecule has 0 aromatic heterocycles. The first-order valence-corrected chi connectivity index (χ1v) is 3.06. The van der Waals surface area contributed by atoms with Gasteiger partial charge in [0, 0.05) is 6.42 Å². The van der Waals surface area contributed by atoms with Crippen molar-refractivity contribution >= 4 is 5.78 Å². The molecule has 0 aromatic carbocycles. The summed E-state index contributed by atoms with van der Waals surface area (Å²) < 4.78 is 4.82. The Balaban J connectivity index is 2.34. The molecule has 0 bridgehead atoms. The van der Waals surface area contributed by atoms with Gasteiger partial charge in [-0.1, -0.05) is 0 Å². The first kappa shape index (κ1) is 6.71. The minimum absolute atomic E-state index is 0.0894. The fraction of sp³-hybridized carbons (Fsp3) is 0.833. The Labute approximate surface area is 53.6 Å². The first-order chi connectivity index (χ1) is 4.29. The molecule has 1 aliphatic rings. The van der Waals surface area contributed by atoms with E-state index >= 15 is 0 Å². The summed E-state index contributed by atoms with van der Waals surface area (Å²) in [6.45, 7) is 0.489. The fourth-order valence-electron chi connectivity index (χ4n) is 0.792. The average molecular weight is 130 g/mol. The molecule has 0 saturated carbocycles. The standard InChI is InChI=1S/C6H10O3/c7-5-1-2-6(8)4-9-3-5/h5,7H,1-4H2. The molecule has 0 amide bonds. The van der Waals surface area contributed by atoms with Crippen LogP contribution in [-0.2, 0) is 9.53 Å². The molecule has 0 aromatic rings. The highest BCUT2D eigenvalue weighted by Crippen LogP contribution is 2.03. The van der Waals surface area contributed by atoms with Crippen molar-refractivity contribution in [3.8, 4) is 0 Å². The normalized spacial score (nSPS) is 29.9. The van der Waals surface area contributed by atoms with E-state index in [0.29, 0.717) is 19.4 Å². The monoisotopic (exact) mass is 130 g/mol. The second kappa shape index (κ2) is 2.94. The van der Waals surface area contributed by atoms with Crippen LogP contribution in [0.1, 0.15) is 12.8 Å². The number of hydrogen-bond donors (Lipinski definition) is 1. The number of carbonyl (C=O) groups excluding carboxylic acids is 1. The molecule has 1 saturated heterocycles. The smallest absolute Gasteiger partial charge is 0.158 e. The van der Waals surface area contributed by atoms with Crippen molar-refractivity contribution in [2.24, 2.45) is 0 Å². The van der Waals surface area contributed by atoms with E-state index in [2.05, 4.69) is 0 Å². The van der Waals surface area contributed by atoms with Crippen LogP contribution in [0.25, 0.3) is 0 Å². The van der Waals surface area contributed by atoms with Crippen molar-refractivity contribution in [2.75, 3.05) is 13.2 Å². The second-order valence-electron chi connectivity index (χ2n) is 2.25. The van der Waals surface area contributed by atoms with Crippen molar-refractivity contribution in [1.82, 2.24) is 0 Å². The Morgan fingerprint density at radius 3 is 3.22 bits per heavy atom. The lowest BCUT2D eigenvalue weighted by Gasteiger charge is -2.01. The quantitative estimate of drug-likeness (QED) is 0.491. The highest BCUT2D eigenvalue weighted by atomic mass is 16.5. The summed E-state index contributed by atoms with van der Waals surface area (Å²) in [5.41, 5.74) is 0. The van der Waals surface area contributed by atoms with Crippen molar-refractivity contribution in [3.63, 3.8) is 0 Å². The Hall–Kier alpha value is -0.410. The highest BCUT2D eigenvalue weighted by Gasteiger charge is 2.13. The topological polar surface area (TPSA) is 46.5 Å². The van der Waals surface area contributed by atoms with Gasteiger partial charge in [0.25, 0.3) is 0 Å². The van der Waals surface area contributed by atoms with E-state index in [1.807, 2.05) is 0 Å². The van der Waals surface area contributed by atoms with Gasteiger partial charge < -0.3 is 9.84 Å². The van der Waals surface area contributed by atoms with Gasteiger partial charge in [-0.3, -0.25) is 4.79 Å². The summed E-state index contributed by atoms with van der Waals surface area (Å²) in [5.74, 6) is 0.0894. The Kier molecular flexibility index (Phi) is 2.19. The molecular weight excluding hydrogens is 120 g/mol. The van der Waals surface area contributed by atoms with Crippen LogP contribution in [0.5, 0.6) is 0 Å². The maximum atomic E-state index is 10.6. The number of aliphatic hydroxyl groups is 1. The molecule has 1 fully saturated rings. The van der Waals surface area contributed by atoms with Crippen LogP contribution < -0.4 is 0 Å². The van der Waals surface area contributed by atoms with Crippen molar-refractivity contribution in [3.05, 3.63) is 0 Å². The molecule has 1 aliphatic heterocycles. The maximum Gasteiger partial charge on any atom is 0.158 e. The van der Waals surface area contributed by atoms with Gasteiger partial charge in [-0.25, -0.2) is 0 Å². The van der Waals surface area contributed by atoms with Crippen LogP contribution in [0.3, 0.4) is 0 Å². The first-order valence-electron chi connectivity index (χ1n) is 3.06. The largest absolute Gasteiger partial charge is 0.391 e. The van der Waals surface area contributed by atoms with Crippen LogP contribution in [0.15, 0.2) is 0 Å². The lowest BCUT2D eigenvalue weighted by Crippen LogP contribution is -2.11. The van der Waals surface area contributed by atoms with Gasteiger partial charge in [0.2, 0.25) is 0 Å². The van der Waals surface area contributed by atoms with E-state index in [4.69, 9.17) is 9.84 Å². The third-order valence-corrected chi connectivity index (χ3v) is 1.33. The van der Waals surface area contributed by atoms with Crippen molar-refractivity contribution in [2.45, 2.75) is 18.9 Å². The predicted molar refractivity (Wildman–Crippen MR) is 31.1 cm³/mol. The number of ether oxygens (including phenoxy) is 1. The van der Waals surface area contributed by atoms with E-state index < -0.39 is 6.10 Å². The number of hydrogen-bond acceptors (Lipinski definition) is 3. The number of aliphatic hydroxyl groups excluding tert-OH is 1.